The van der Waals surface area contributed by atoms with Crippen LogP contribution >= 0.6 is 0 Å². The Labute approximate surface area is 83.0 Å². The van der Waals surface area contributed by atoms with Gasteiger partial charge in [-0.15, -0.1) is 0 Å². The monoisotopic (exact) mass is 198 g/mol. The Morgan fingerprint density at radius 1 is 1.29 bits per heavy atom. The Morgan fingerprint density at radius 3 is 2.79 bits per heavy atom. The van der Waals surface area contributed by atoms with E-state index in [1.165, 1.54) is 12.3 Å². The zero-order valence-electron chi connectivity index (χ0n) is 8.04. The van der Waals surface area contributed by atoms with E-state index >= 15 is 0 Å². The highest BCUT2D eigenvalue weighted by atomic mass is 19.1. The van der Waals surface area contributed by atoms with Crippen molar-refractivity contribution in [2.24, 2.45) is 0 Å². The minimum absolute atomic E-state index is 0.245. The fraction of sp³-hybridized carbons (Fsp3) is 0.500. The summed E-state index contributed by atoms with van der Waals surface area (Å²) >= 11 is 0. The lowest BCUT2D eigenvalue weighted by atomic mass is 10.2. The van der Waals surface area contributed by atoms with Crippen LogP contribution in [0.3, 0.4) is 0 Å². The number of aliphatic hydroxyl groups is 1. The lowest BCUT2D eigenvalue weighted by Crippen LogP contribution is -2.03. The van der Waals surface area contributed by atoms with Gasteiger partial charge < -0.3 is 10.4 Å². The maximum atomic E-state index is 12.5. The number of nitrogens with zero attached hydrogens (tertiary/aromatic N) is 1. The highest BCUT2D eigenvalue weighted by Crippen LogP contribution is 2.04. The molecule has 0 aliphatic carbocycles. The van der Waals surface area contributed by atoms with Crippen LogP contribution in [0.5, 0.6) is 0 Å². The van der Waals surface area contributed by atoms with E-state index in [1.807, 2.05) is 0 Å². The van der Waals surface area contributed by atoms with Crippen molar-refractivity contribution in [3.05, 3.63) is 24.1 Å². The Morgan fingerprint density at radius 2 is 2.14 bits per heavy atom. The van der Waals surface area contributed by atoms with Crippen LogP contribution in [0, 0.1) is 5.82 Å². The molecule has 78 valence electrons. The molecule has 1 aromatic rings. The summed E-state index contributed by atoms with van der Waals surface area (Å²) in [5.74, 6) is 0.367. The zero-order valence-corrected chi connectivity index (χ0v) is 8.04. The van der Waals surface area contributed by atoms with Crippen molar-refractivity contribution in [2.75, 3.05) is 18.5 Å². The zero-order chi connectivity index (χ0) is 10.2. The van der Waals surface area contributed by atoms with Gasteiger partial charge in [0.05, 0.1) is 6.20 Å². The average molecular weight is 198 g/mol. The van der Waals surface area contributed by atoms with Crippen LogP contribution in [0.1, 0.15) is 19.3 Å². The first kappa shape index (κ1) is 10.9. The van der Waals surface area contributed by atoms with Gasteiger partial charge in [0.25, 0.3) is 0 Å². The third kappa shape index (κ3) is 4.18. The first-order valence-corrected chi connectivity index (χ1v) is 4.79. The summed E-state index contributed by atoms with van der Waals surface area (Å²) in [5, 5.41) is 11.6. The second kappa shape index (κ2) is 6.32. The quantitative estimate of drug-likeness (QED) is 0.685. The molecular formula is C10H15FN2O. The van der Waals surface area contributed by atoms with Crippen molar-refractivity contribution in [3.8, 4) is 0 Å². The average Bonchev–Trinajstić information content (AvgIpc) is 2.21. The maximum Gasteiger partial charge on any atom is 0.141 e. The molecule has 1 aromatic heterocycles. The molecule has 1 heterocycles. The molecule has 0 fully saturated rings. The molecule has 0 aliphatic rings. The number of rotatable bonds is 6. The van der Waals surface area contributed by atoms with Crippen LogP contribution < -0.4 is 5.32 Å². The number of nitrogens with one attached hydrogen (secondary N) is 1. The van der Waals surface area contributed by atoms with Crippen molar-refractivity contribution < 1.29 is 9.50 Å². The molecule has 0 aromatic carbocycles. The summed E-state index contributed by atoms with van der Waals surface area (Å²) in [4.78, 5) is 3.86. The van der Waals surface area contributed by atoms with Crippen molar-refractivity contribution in [1.29, 1.82) is 0 Å². The Hall–Kier alpha value is -1.16. The van der Waals surface area contributed by atoms with Gasteiger partial charge in [-0.1, -0.05) is 0 Å². The summed E-state index contributed by atoms with van der Waals surface area (Å²) < 4.78 is 12.5. The third-order valence-corrected chi connectivity index (χ3v) is 1.87. The number of hydrogen-bond donors (Lipinski definition) is 2. The first-order valence-electron chi connectivity index (χ1n) is 4.79. The van der Waals surface area contributed by atoms with Crippen LogP contribution in [0.15, 0.2) is 18.3 Å². The van der Waals surface area contributed by atoms with E-state index in [2.05, 4.69) is 10.3 Å². The largest absolute Gasteiger partial charge is 0.396 e. The van der Waals surface area contributed by atoms with Crippen LogP contribution in [-0.2, 0) is 0 Å². The van der Waals surface area contributed by atoms with Crippen LogP contribution in [-0.4, -0.2) is 23.2 Å². The number of unbranched alkanes of at least 4 members (excludes halogenated alkanes) is 2. The first-order chi connectivity index (χ1) is 6.83. The van der Waals surface area contributed by atoms with E-state index in [1.54, 1.807) is 6.07 Å². The minimum Gasteiger partial charge on any atom is -0.396 e. The standard InChI is InChI=1S/C10H15FN2O/c11-9-4-5-10(13-8-9)12-6-2-1-3-7-14/h4-5,8,14H,1-3,6-7H2,(H,12,13). The van der Waals surface area contributed by atoms with Gasteiger partial charge in [-0.05, 0) is 31.4 Å². The van der Waals surface area contributed by atoms with E-state index in [9.17, 15) is 4.39 Å². The summed E-state index contributed by atoms with van der Waals surface area (Å²) in [6.07, 6.45) is 4.00. The topological polar surface area (TPSA) is 45.1 Å². The van der Waals surface area contributed by atoms with Crippen molar-refractivity contribution in [2.45, 2.75) is 19.3 Å². The lowest BCUT2D eigenvalue weighted by molar-refractivity contribution is 0.283. The van der Waals surface area contributed by atoms with Crippen molar-refractivity contribution in [3.63, 3.8) is 0 Å². The van der Waals surface area contributed by atoms with Gasteiger partial charge in [0, 0.05) is 13.2 Å². The Kier molecular flexibility index (Phi) is 4.93. The van der Waals surface area contributed by atoms with E-state index < -0.39 is 0 Å². The van der Waals surface area contributed by atoms with Crippen LogP contribution in [0.4, 0.5) is 10.2 Å². The molecule has 3 nitrogen and oxygen atoms in total. The second-order valence-electron chi connectivity index (χ2n) is 3.07. The lowest BCUT2D eigenvalue weighted by Gasteiger charge is -2.04. The molecule has 0 saturated heterocycles. The summed E-state index contributed by atoms with van der Waals surface area (Å²) in [7, 11) is 0. The Bertz CT molecular complexity index is 251. The maximum absolute atomic E-state index is 12.5. The molecule has 2 N–H and O–H groups in total. The van der Waals surface area contributed by atoms with Gasteiger partial charge in [0.15, 0.2) is 0 Å². The fourth-order valence-electron chi connectivity index (χ4n) is 1.11. The number of halogens is 1. The van der Waals surface area contributed by atoms with Gasteiger partial charge in [-0.3, -0.25) is 0 Å². The highest BCUT2D eigenvalue weighted by molar-refractivity contribution is 5.33. The number of aromatic nitrogens is 1. The predicted molar refractivity (Wildman–Crippen MR) is 53.6 cm³/mol. The van der Waals surface area contributed by atoms with E-state index in [-0.39, 0.29) is 12.4 Å². The molecular weight excluding hydrogens is 183 g/mol. The molecule has 0 unspecified atom stereocenters. The smallest absolute Gasteiger partial charge is 0.141 e. The molecule has 0 amide bonds. The molecule has 1 rings (SSSR count). The van der Waals surface area contributed by atoms with Gasteiger partial charge in [-0.2, -0.15) is 0 Å². The van der Waals surface area contributed by atoms with Crippen molar-refractivity contribution >= 4 is 5.82 Å². The summed E-state index contributed by atoms with van der Waals surface area (Å²) in [6.45, 7) is 1.05. The molecule has 0 bridgehead atoms. The molecule has 0 saturated carbocycles. The fourth-order valence-corrected chi connectivity index (χ4v) is 1.11. The number of anilines is 1. The molecule has 14 heavy (non-hydrogen) atoms. The second-order valence-corrected chi connectivity index (χ2v) is 3.07. The SMILES string of the molecule is OCCCCCNc1ccc(F)cn1. The number of aliphatic hydroxyl groups excluding tert-OH is 1. The molecule has 0 aliphatic heterocycles. The van der Waals surface area contributed by atoms with Crippen LogP contribution in [0.25, 0.3) is 0 Å². The Balaban J connectivity index is 2.15. The van der Waals surface area contributed by atoms with Gasteiger partial charge in [-0.25, -0.2) is 9.37 Å². The van der Waals surface area contributed by atoms with Gasteiger partial charge in [0.2, 0.25) is 0 Å². The van der Waals surface area contributed by atoms with Crippen molar-refractivity contribution in [1.82, 2.24) is 4.98 Å². The predicted octanol–water partition coefficient (Wildman–Crippen LogP) is 1.80. The molecule has 0 atom stereocenters. The minimum atomic E-state index is -0.323. The van der Waals surface area contributed by atoms with E-state index in [0.717, 1.165) is 25.8 Å². The summed E-state index contributed by atoms with van der Waals surface area (Å²) in [6, 6.07) is 2.99. The highest BCUT2D eigenvalue weighted by Gasteiger charge is 1.93. The normalized spacial score (nSPS) is 10.1. The van der Waals surface area contributed by atoms with E-state index in [4.69, 9.17) is 5.11 Å². The molecule has 0 radical (unpaired) electrons. The number of pyridine rings is 1. The van der Waals surface area contributed by atoms with Crippen LogP contribution in [0.2, 0.25) is 0 Å². The van der Waals surface area contributed by atoms with Gasteiger partial charge in [0.1, 0.15) is 11.6 Å². The van der Waals surface area contributed by atoms with E-state index in [0.29, 0.717) is 5.82 Å². The number of hydrogen-bond acceptors (Lipinski definition) is 3. The third-order valence-electron chi connectivity index (χ3n) is 1.87. The molecule has 0 spiro atoms. The summed E-state index contributed by atoms with van der Waals surface area (Å²) in [5.41, 5.74) is 0. The van der Waals surface area contributed by atoms with Gasteiger partial charge >= 0.3 is 0 Å². The molecule has 4 heteroatoms.